The predicted octanol–water partition coefficient (Wildman–Crippen LogP) is 3.28. The molecule has 0 bridgehead atoms. The minimum Gasteiger partial charge on any atom is -0.320 e. The second-order valence-electron chi connectivity index (χ2n) is 6.38. The normalized spacial score (nSPS) is 21.4. The first-order valence-electron chi connectivity index (χ1n) is 7.51. The number of nitrogens with zero attached hydrogens (tertiary/aromatic N) is 1. The second-order valence-corrected chi connectivity index (χ2v) is 6.38. The third kappa shape index (κ3) is 7.05. The lowest BCUT2D eigenvalue weighted by atomic mass is 9.85. The molecule has 102 valence electrons. The van der Waals surface area contributed by atoms with Crippen LogP contribution in [0.5, 0.6) is 0 Å². The molecule has 0 amide bonds. The van der Waals surface area contributed by atoms with Gasteiger partial charge in [0.25, 0.3) is 0 Å². The maximum atomic E-state index is 3.21. The van der Waals surface area contributed by atoms with E-state index in [9.17, 15) is 0 Å². The summed E-state index contributed by atoms with van der Waals surface area (Å²) in [5.41, 5.74) is 0.585. The van der Waals surface area contributed by atoms with Crippen LogP contribution in [-0.4, -0.2) is 38.1 Å². The summed E-state index contributed by atoms with van der Waals surface area (Å²) in [4.78, 5) is 2.69. The number of unbranched alkanes of at least 4 members (excludes halogenated alkanes) is 3. The lowest BCUT2D eigenvalue weighted by molar-refractivity contribution is 0.257. The van der Waals surface area contributed by atoms with Gasteiger partial charge in [0.15, 0.2) is 0 Å². The molecule has 1 rings (SSSR count). The van der Waals surface area contributed by atoms with E-state index in [0.29, 0.717) is 5.41 Å². The van der Waals surface area contributed by atoms with Gasteiger partial charge in [-0.15, -0.1) is 0 Å². The summed E-state index contributed by atoms with van der Waals surface area (Å²) in [6, 6.07) is 0. The molecule has 1 aliphatic rings. The number of hydrogen-bond acceptors (Lipinski definition) is 2. The van der Waals surface area contributed by atoms with E-state index in [1.165, 1.54) is 71.1 Å². The molecule has 1 N–H and O–H groups in total. The van der Waals surface area contributed by atoms with Crippen molar-refractivity contribution in [3.05, 3.63) is 0 Å². The van der Waals surface area contributed by atoms with Crippen LogP contribution in [0.2, 0.25) is 0 Å². The van der Waals surface area contributed by atoms with Crippen molar-refractivity contribution < 1.29 is 0 Å². The lowest BCUT2D eigenvalue weighted by Gasteiger charge is -2.23. The zero-order valence-electron chi connectivity index (χ0n) is 12.2. The van der Waals surface area contributed by atoms with Crippen molar-refractivity contribution in [3.8, 4) is 0 Å². The van der Waals surface area contributed by atoms with Crippen molar-refractivity contribution in [1.29, 1.82) is 0 Å². The van der Waals surface area contributed by atoms with Crippen molar-refractivity contribution in [2.24, 2.45) is 5.41 Å². The van der Waals surface area contributed by atoms with Crippen LogP contribution in [-0.2, 0) is 0 Å². The van der Waals surface area contributed by atoms with Gasteiger partial charge in [-0.05, 0) is 70.7 Å². The monoisotopic (exact) mass is 240 g/mol. The molecule has 1 fully saturated rings. The average Bonchev–Trinajstić information content (AvgIpc) is 2.45. The maximum Gasteiger partial charge on any atom is -0.00136 e. The molecule has 1 heterocycles. The van der Waals surface area contributed by atoms with Gasteiger partial charge in [0.1, 0.15) is 0 Å². The quantitative estimate of drug-likeness (QED) is 0.687. The molecule has 17 heavy (non-hydrogen) atoms. The molecule has 0 spiro atoms. The molecule has 0 aliphatic carbocycles. The first-order valence-corrected chi connectivity index (χ1v) is 7.51. The van der Waals surface area contributed by atoms with Crippen LogP contribution in [0.15, 0.2) is 0 Å². The van der Waals surface area contributed by atoms with Crippen molar-refractivity contribution in [1.82, 2.24) is 10.2 Å². The first-order chi connectivity index (χ1) is 8.14. The van der Waals surface area contributed by atoms with Crippen LogP contribution < -0.4 is 5.32 Å². The van der Waals surface area contributed by atoms with E-state index in [-0.39, 0.29) is 0 Å². The Morgan fingerprint density at radius 2 is 1.76 bits per heavy atom. The average molecular weight is 240 g/mol. The third-order valence-electron chi connectivity index (χ3n) is 4.08. The highest BCUT2D eigenvalue weighted by molar-refractivity contribution is 4.76. The minimum atomic E-state index is 0.585. The second kappa shape index (κ2) is 8.10. The third-order valence-corrected chi connectivity index (χ3v) is 4.08. The first kappa shape index (κ1) is 15.0. The molecule has 0 saturated carbocycles. The predicted molar refractivity (Wildman–Crippen MR) is 76.5 cm³/mol. The van der Waals surface area contributed by atoms with Gasteiger partial charge in [0.05, 0.1) is 0 Å². The molecule has 0 aromatic heterocycles. The number of rotatable bonds is 7. The summed E-state index contributed by atoms with van der Waals surface area (Å²) in [6.45, 7) is 10.0. The minimum absolute atomic E-state index is 0.585. The zero-order valence-corrected chi connectivity index (χ0v) is 12.2. The van der Waals surface area contributed by atoms with Crippen LogP contribution in [0.1, 0.15) is 58.8 Å². The number of nitrogens with one attached hydrogen (secondary N) is 1. The zero-order chi connectivity index (χ0) is 12.6. The summed E-state index contributed by atoms with van der Waals surface area (Å²) in [5, 5.41) is 3.21. The van der Waals surface area contributed by atoms with Gasteiger partial charge in [0, 0.05) is 0 Å². The van der Waals surface area contributed by atoms with E-state index < -0.39 is 0 Å². The summed E-state index contributed by atoms with van der Waals surface area (Å²) in [5.74, 6) is 0. The molecule has 0 aromatic rings. The maximum absolute atomic E-state index is 3.21. The molecule has 0 atom stereocenters. The fraction of sp³-hybridized carbons (Fsp3) is 1.00. The van der Waals surface area contributed by atoms with Crippen LogP contribution in [0, 0.1) is 5.41 Å². The Morgan fingerprint density at radius 3 is 2.53 bits per heavy atom. The molecule has 1 saturated heterocycles. The van der Waals surface area contributed by atoms with Gasteiger partial charge >= 0.3 is 0 Å². The lowest BCUT2D eigenvalue weighted by Crippen LogP contribution is -2.26. The molecule has 2 heteroatoms. The summed E-state index contributed by atoms with van der Waals surface area (Å²) >= 11 is 0. The number of hydrogen-bond donors (Lipinski definition) is 1. The molecular formula is C15H32N2. The van der Waals surface area contributed by atoms with Crippen LogP contribution in [0.25, 0.3) is 0 Å². The van der Waals surface area contributed by atoms with Gasteiger partial charge in [-0.1, -0.05) is 26.7 Å². The van der Waals surface area contributed by atoms with Gasteiger partial charge in [-0.25, -0.2) is 0 Å². The van der Waals surface area contributed by atoms with E-state index >= 15 is 0 Å². The highest BCUT2D eigenvalue weighted by atomic mass is 15.1. The summed E-state index contributed by atoms with van der Waals surface area (Å²) in [7, 11) is 2.04. The van der Waals surface area contributed by atoms with Gasteiger partial charge in [-0.3, -0.25) is 0 Å². The number of likely N-dealkylation sites (tertiary alicyclic amines) is 1. The molecule has 0 aromatic carbocycles. The Kier molecular flexibility index (Phi) is 7.14. The van der Waals surface area contributed by atoms with E-state index in [4.69, 9.17) is 0 Å². The van der Waals surface area contributed by atoms with Gasteiger partial charge in [-0.2, -0.15) is 0 Å². The molecular weight excluding hydrogens is 208 g/mol. The van der Waals surface area contributed by atoms with E-state index in [0.717, 1.165) is 0 Å². The van der Waals surface area contributed by atoms with Crippen LogP contribution >= 0.6 is 0 Å². The van der Waals surface area contributed by atoms with Crippen LogP contribution in [0.3, 0.4) is 0 Å². The van der Waals surface area contributed by atoms with E-state index in [2.05, 4.69) is 24.1 Å². The smallest absolute Gasteiger partial charge is 0.00136 e. The Balaban J connectivity index is 2.03. The van der Waals surface area contributed by atoms with Crippen molar-refractivity contribution in [2.75, 3.05) is 33.2 Å². The molecule has 2 nitrogen and oxygen atoms in total. The Hall–Kier alpha value is -0.0800. The SMILES string of the molecule is CNCCCCCCN1CCCC(C)(C)CC1. The molecule has 0 radical (unpaired) electrons. The van der Waals surface area contributed by atoms with E-state index in [1.807, 2.05) is 7.05 Å². The van der Waals surface area contributed by atoms with Gasteiger partial charge < -0.3 is 10.2 Å². The summed E-state index contributed by atoms with van der Waals surface area (Å²) in [6.07, 6.45) is 9.71. The Morgan fingerprint density at radius 1 is 1.00 bits per heavy atom. The van der Waals surface area contributed by atoms with E-state index in [1.54, 1.807) is 0 Å². The standard InChI is InChI=1S/C15H32N2/c1-15(2)9-8-13-17(14-10-15)12-7-5-4-6-11-16-3/h16H,4-14H2,1-3H3. The molecule has 0 unspecified atom stereocenters. The topological polar surface area (TPSA) is 15.3 Å². The largest absolute Gasteiger partial charge is 0.320 e. The van der Waals surface area contributed by atoms with Crippen molar-refractivity contribution in [3.63, 3.8) is 0 Å². The van der Waals surface area contributed by atoms with Gasteiger partial charge in [0.2, 0.25) is 0 Å². The highest BCUT2D eigenvalue weighted by Crippen LogP contribution is 2.29. The fourth-order valence-electron chi connectivity index (χ4n) is 2.69. The van der Waals surface area contributed by atoms with Crippen molar-refractivity contribution in [2.45, 2.75) is 58.8 Å². The summed E-state index contributed by atoms with van der Waals surface area (Å²) < 4.78 is 0. The fourth-order valence-corrected chi connectivity index (χ4v) is 2.69. The van der Waals surface area contributed by atoms with Crippen LogP contribution in [0.4, 0.5) is 0 Å². The Labute approximate surface area is 108 Å². The highest BCUT2D eigenvalue weighted by Gasteiger charge is 2.22. The Bertz CT molecular complexity index is 189. The van der Waals surface area contributed by atoms with Crippen molar-refractivity contribution >= 4 is 0 Å². The molecule has 1 aliphatic heterocycles.